The summed E-state index contributed by atoms with van der Waals surface area (Å²) in [5, 5.41) is 12.5. The Kier molecular flexibility index (Phi) is 4.16. The maximum absolute atomic E-state index is 9.09. The summed E-state index contributed by atoms with van der Waals surface area (Å²) < 4.78 is 5.19. The van der Waals surface area contributed by atoms with Crippen LogP contribution in [0.4, 0.5) is 0 Å². The Balaban J connectivity index is 2.17. The standard InChI is InChI=1S/C10H21NO2/c1-7(2)10(6-12)11-8-4-9(5-8)13-3/h7-12H,4-6H2,1-3H3. The van der Waals surface area contributed by atoms with Crippen molar-refractivity contribution in [3.63, 3.8) is 0 Å². The van der Waals surface area contributed by atoms with E-state index in [2.05, 4.69) is 19.2 Å². The summed E-state index contributed by atoms with van der Waals surface area (Å²) in [5.74, 6) is 0.492. The fourth-order valence-corrected chi connectivity index (χ4v) is 1.65. The van der Waals surface area contributed by atoms with Gasteiger partial charge in [-0.1, -0.05) is 13.8 Å². The van der Waals surface area contributed by atoms with Gasteiger partial charge >= 0.3 is 0 Å². The number of hydrogen-bond acceptors (Lipinski definition) is 3. The van der Waals surface area contributed by atoms with Crippen LogP contribution in [0.5, 0.6) is 0 Å². The number of ether oxygens (including phenoxy) is 1. The summed E-state index contributed by atoms with van der Waals surface area (Å²) in [6.45, 7) is 4.48. The minimum Gasteiger partial charge on any atom is -0.395 e. The lowest BCUT2D eigenvalue weighted by Crippen LogP contribution is -2.51. The van der Waals surface area contributed by atoms with Gasteiger partial charge in [0, 0.05) is 19.2 Å². The lowest BCUT2D eigenvalue weighted by molar-refractivity contribution is 0.00937. The summed E-state index contributed by atoms with van der Waals surface area (Å²) in [6.07, 6.45) is 2.60. The average Bonchev–Trinajstić information content (AvgIpc) is 2.02. The summed E-state index contributed by atoms with van der Waals surface area (Å²) >= 11 is 0. The van der Waals surface area contributed by atoms with E-state index in [1.165, 1.54) is 0 Å². The van der Waals surface area contributed by atoms with E-state index in [1.807, 2.05) is 0 Å². The molecule has 1 atom stereocenters. The molecular weight excluding hydrogens is 166 g/mol. The largest absolute Gasteiger partial charge is 0.395 e. The predicted octanol–water partition coefficient (Wildman–Crippen LogP) is 0.770. The van der Waals surface area contributed by atoms with Gasteiger partial charge in [0.1, 0.15) is 0 Å². The molecule has 0 bridgehead atoms. The van der Waals surface area contributed by atoms with Gasteiger partial charge in [0.15, 0.2) is 0 Å². The molecule has 1 aliphatic carbocycles. The molecule has 0 aromatic carbocycles. The molecule has 1 rings (SSSR count). The summed E-state index contributed by atoms with van der Waals surface area (Å²) in [6, 6.07) is 0.785. The Morgan fingerprint density at radius 1 is 1.46 bits per heavy atom. The fraction of sp³-hybridized carbons (Fsp3) is 1.00. The van der Waals surface area contributed by atoms with Crippen LogP contribution in [0.15, 0.2) is 0 Å². The monoisotopic (exact) mass is 187 g/mol. The molecule has 0 spiro atoms. The van der Waals surface area contributed by atoms with Crippen LogP contribution in [0.25, 0.3) is 0 Å². The Morgan fingerprint density at radius 2 is 2.08 bits per heavy atom. The number of methoxy groups -OCH3 is 1. The topological polar surface area (TPSA) is 41.5 Å². The van der Waals surface area contributed by atoms with Gasteiger partial charge in [0.05, 0.1) is 12.7 Å². The smallest absolute Gasteiger partial charge is 0.0601 e. The number of aliphatic hydroxyl groups excluding tert-OH is 1. The molecule has 1 unspecified atom stereocenters. The first-order chi connectivity index (χ1) is 6.17. The van der Waals surface area contributed by atoms with Crippen molar-refractivity contribution in [3.8, 4) is 0 Å². The molecule has 2 N–H and O–H groups in total. The van der Waals surface area contributed by atoms with Crippen LogP contribution >= 0.6 is 0 Å². The summed E-state index contributed by atoms with van der Waals surface area (Å²) in [4.78, 5) is 0. The first kappa shape index (κ1) is 11.0. The minimum absolute atomic E-state index is 0.228. The van der Waals surface area contributed by atoms with Gasteiger partial charge in [-0.2, -0.15) is 0 Å². The molecule has 13 heavy (non-hydrogen) atoms. The van der Waals surface area contributed by atoms with E-state index in [-0.39, 0.29) is 12.6 Å². The van der Waals surface area contributed by atoms with Crippen molar-refractivity contribution >= 4 is 0 Å². The Hall–Kier alpha value is -0.120. The number of nitrogens with one attached hydrogen (secondary N) is 1. The quantitative estimate of drug-likeness (QED) is 0.668. The van der Waals surface area contributed by atoms with Crippen LogP contribution in [0.1, 0.15) is 26.7 Å². The van der Waals surface area contributed by atoms with Crippen LogP contribution in [-0.2, 0) is 4.74 Å². The van der Waals surface area contributed by atoms with Crippen LogP contribution < -0.4 is 5.32 Å². The number of aliphatic hydroxyl groups is 1. The normalized spacial score (nSPS) is 30.2. The zero-order valence-electron chi connectivity index (χ0n) is 8.79. The van der Waals surface area contributed by atoms with Crippen LogP contribution in [-0.4, -0.2) is 37.0 Å². The number of rotatable bonds is 5. The average molecular weight is 187 g/mol. The zero-order chi connectivity index (χ0) is 9.84. The third kappa shape index (κ3) is 2.93. The van der Waals surface area contributed by atoms with E-state index in [1.54, 1.807) is 7.11 Å². The van der Waals surface area contributed by atoms with Crippen molar-refractivity contribution < 1.29 is 9.84 Å². The highest BCUT2D eigenvalue weighted by Crippen LogP contribution is 2.23. The molecule has 0 radical (unpaired) electrons. The van der Waals surface area contributed by atoms with E-state index in [0.29, 0.717) is 18.1 Å². The van der Waals surface area contributed by atoms with Crippen molar-refractivity contribution in [3.05, 3.63) is 0 Å². The van der Waals surface area contributed by atoms with Crippen molar-refractivity contribution in [2.24, 2.45) is 5.92 Å². The van der Waals surface area contributed by atoms with Crippen LogP contribution in [0, 0.1) is 5.92 Å². The van der Waals surface area contributed by atoms with Crippen LogP contribution in [0.2, 0.25) is 0 Å². The van der Waals surface area contributed by atoms with Gasteiger partial charge < -0.3 is 15.2 Å². The third-order valence-corrected chi connectivity index (χ3v) is 2.88. The van der Waals surface area contributed by atoms with Gasteiger partial charge in [-0.3, -0.25) is 0 Å². The van der Waals surface area contributed by atoms with Crippen molar-refractivity contribution in [1.82, 2.24) is 5.32 Å². The molecule has 78 valence electrons. The Labute approximate surface area is 80.5 Å². The fourth-order valence-electron chi connectivity index (χ4n) is 1.65. The van der Waals surface area contributed by atoms with Crippen molar-refractivity contribution in [1.29, 1.82) is 0 Å². The molecule has 3 nitrogen and oxygen atoms in total. The first-order valence-electron chi connectivity index (χ1n) is 5.07. The van der Waals surface area contributed by atoms with Gasteiger partial charge in [0.2, 0.25) is 0 Å². The Morgan fingerprint density at radius 3 is 2.46 bits per heavy atom. The molecule has 0 amide bonds. The summed E-state index contributed by atoms with van der Waals surface area (Å²) in [7, 11) is 1.76. The minimum atomic E-state index is 0.228. The van der Waals surface area contributed by atoms with E-state index >= 15 is 0 Å². The van der Waals surface area contributed by atoms with Gasteiger partial charge in [-0.05, 0) is 18.8 Å². The molecule has 1 aliphatic rings. The lowest BCUT2D eigenvalue weighted by Gasteiger charge is -2.38. The van der Waals surface area contributed by atoms with Gasteiger partial charge in [-0.15, -0.1) is 0 Å². The van der Waals surface area contributed by atoms with Gasteiger partial charge in [-0.25, -0.2) is 0 Å². The zero-order valence-corrected chi connectivity index (χ0v) is 8.79. The van der Waals surface area contributed by atoms with Crippen molar-refractivity contribution in [2.75, 3.05) is 13.7 Å². The van der Waals surface area contributed by atoms with Crippen LogP contribution in [0.3, 0.4) is 0 Å². The highest BCUT2D eigenvalue weighted by atomic mass is 16.5. The Bertz CT molecular complexity index is 144. The van der Waals surface area contributed by atoms with Crippen molar-refractivity contribution in [2.45, 2.75) is 44.9 Å². The molecule has 3 heteroatoms. The molecule has 0 saturated heterocycles. The second-order valence-electron chi connectivity index (χ2n) is 4.23. The molecular formula is C10H21NO2. The molecule has 0 aromatic rings. The third-order valence-electron chi connectivity index (χ3n) is 2.88. The van der Waals surface area contributed by atoms with E-state index in [9.17, 15) is 0 Å². The highest BCUT2D eigenvalue weighted by Gasteiger charge is 2.30. The maximum Gasteiger partial charge on any atom is 0.0601 e. The second kappa shape index (κ2) is 4.94. The second-order valence-corrected chi connectivity index (χ2v) is 4.23. The molecule has 0 heterocycles. The molecule has 1 saturated carbocycles. The molecule has 0 aromatic heterocycles. The van der Waals surface area contributed by atoms with E-state index < -0.39 is 0 Å². The SMILES string of the molecule is COC1CC(NC(CO)C(C)C)C1. The van der Waals surface area contributed by atoms with E-state index in [4.69, 9.17) is 9.84 Å². The maximum atomic E-state index is 9.09. The van der Waals surface area contributed by atoms with E-state index in [0.717, 1.165) is 12.8 Å². The first-order valence-corrected chi connectivity index (χ1v) is 5.07. The highest BCUT2D eigenvalue weighted by molar-refractivity contribution is 4.88. The lowest BCUT2D eigenvalue weighted by atomic mass is 9.87. The van der Waals surface area contributed by atoms with Gasteiger partial charge in [0.25, 0.3) is 0 Å². The summed E-state index contributed by atoms with van der Waals surface area (Å²) in [5.41, 5.74) is 0. The number of hydrogen-bond donors (Lipinski definition) is 2. The molecule has 1 fully saturated rings. The predicted molar refractivity (Wildman–Crippen MR) is 52.7 cm³/mol. The molecule has 0 aliphatic heterocycles.